The van der Waals surface area contributed by atoms with Crippen LogP contribution in [-0.4, -0.2) is 9.97 Å². The molecule has 1 N–H and O–H groups in total. The van der Waals surface area contributed by atoms with Crippen molar-refractivity contribution in [3.63, 3.8) is 0 Å². The van der Waals surface area contributed by atoms with Crippen molar-refractivity contribution in [1.29, 1.82) is 0 Å². The van der Waals surface area contributed by atoms with Gasteiger partial charge in [0.1, 0.15) is 5.82 Å². The maximum absolute atomic E-state index is 13.4. The van der Waals surface area contributed by atoms with Gasteiger partial charge < -0.3 is 4.98 Å². The van der Waals surface area contributed by atoms with E-state index < -0.39 is 5.69 Å². The monoisotopic (exact) mass is 238 g/mol. The van der Waals surface area contributed by atoms with Crippen molar-refractivity contribution in [2.45, 2.75) is 6.92 Å². The Bertz CT molecular complexity index is 595. The van der Waals surface area contributed by atoms with Gasteiger partial charge in [-0.3, -0.25) is 0 Å². The third-order valence-electron chi connectivity index (χ3n) is 2.21. The number of rotatable bonds is 1. The zero-order chi connectivity index (χ0) is 11.7. The first-order chi connectivity index (χ1) is 7.58. The van der Waals surface area contributed by atoms with Crippen molar-refractivity contribution in [3.8, 4) is 11.3 Å². The van der Waals surface area contributed by atoms with Crippen LogP contribution in [0.3, 0.4) is 0 Å². The number of H-pyrrole nitrogens is 1. The van der Waals surface area contributed by atoms with E-state index >= 15 is 0 Å². The largest absolute Gasteiger partial charge is 0.345 e. The average Bonchev–Trinajstić information content (AvgIpc) is 2.23. The molecule has 0 bridgehead atoms. The number of halogens is 2. The zero-order valence-electron chi connectivity index (χ0n) is 8.42. The Morgan fingerprint density at radius 3 is 2.88 bits per heavy atom. The van der Waals surface area contributed by atoms with Crippen LogP contribution in [0.1, 0.15) is 5.56 Å². The highest BCUT2D eigenvalue weighted by Crippen LogP contribution is 2.28. The molecule has 16 heavy (non-hydrogen) atoms. The number of nitrogens with one attached hydrogen (secondary N) is 1. The summed E-state index contributed by atoms with van der Waals surface area (Å²) in [5.74, 6) is -0.364. The molecule has 0 saturated carbocycles. The normalized spacial score (nSPS) is 10.4. The summed E-state index contributed by atoms with van der Waals surface area (Å²) >= 11 is 5.98. The van der Waals surface area contributed by atoms with Gasteiger partial charge in [0.2, 0.25) is 0 Å². The molecule has 1 aromatic carbocycles. The van der Waals surface area contributed by atoms with Crippen molar-refractivity contribution >= 4 is 11.6 Å². The van der Waals surface area contributed by atoms with E-state index in [0.29, 0.717) is 21.8 Å². The maximum Gasteiger partial charge on any atom is 0.345 e. The van der Waals surface area contributed by atoms with Crippen LogP contribution in [0.4, 0.5) is 4.39 Å². The smallest absolute Gasteiger partial charge is 0.305 e. The van der Waals surface area contributed by atoms with Gasteiger partial charge in [-0.1, -0.05) is 11.6 Å². The lowest BCUT2D eigenvalue weighted by Crippen LogP contribution is -2.09. The van der Waals surface area contributed by atoms with E-state index in [4.69, 9.17) is 11.6 Å². The van der Waals surface area contributed by atoms with E-state index in [1.54, 1.807) is 13.0 Å². The lowest BCUT2D eigenvalue weighted by atomic mass is 10.1. The molecule has 0 aliphatic rings. The van der Waals surface area contributed by atoms with Gasteiger partial charge in [-0.25, -0.2) is 14.2 Å². The molecular weight excluding hydrogens is 231 g/mol. The van der Waals surface area contributed by atoms with Crippen LogP contribution >= 0.6 is 11.6 Å². The summed E-state index contributed by atoms with van der Waals surface area (Å²) in [4.78, 5) is 17.0. The average molecular weight is 239 g/mol. The third-order valence-corrected chi connectivity index (χ3v) is 2.53. The molecule has 1 heterocycles. The van der Waals surface area contributed by atoms with Crippen LogP contribution < -0.4 is 5.69 Å². The quantitative estimate of drug-likeness (QED) is 0.830. The zero-order valence-corrected chi connectivity index (χ0v) is 9.18. The molecule has 0 saturated heterocycles. The summed E-state index contributed by atoms with van der Waals surface area (Å²) in [6, 6.07) is 4.38. The predicted octanol–water partition coefficient (Wildman–Crippen LogP) is 2.54. The molecule has 0 unspecified atom stereocenters. The first kappa shape index (κ1) is 10.8. The molecule has 3 nitrogen and oxygen atoms in total. The predicted molar refractivity (Wildman–Crippen MR) is 60.0 cm³/mol. The number of hydrogen-bond acceptors (Lipinski definition) is 2. The maximum atomic E-state index is 13.4. The minimum atomic E-state index is -0.491. The van der Waals surface area contributed by atoms with Crippen LogP contribution in [0.5, 0.6) is 0 Å². The minimum Gasteiger partial charge on any atom is -0.305 e. The summed E-state index contributed by atoms with van der Waals surface area (Å²) in [6.07, 6.45) is 1.35. The molecule has 0 spiro atoms. The van der Waals surface area contributed by atoms with Crippen LogP contribution in [0.15, 0.2) is 29.2 Å². The minimum absolute atomic E-state index is 0.364. The van der Waals surface area contributed by atoms with E-state index in [-0.39, 0.29) is 5.82 Å². The number of benzene rings is 1. The van der Waals surface area contributed by atoms with E-state index in [1.807, 2.05) is 0 Å². The number of nitrogens with zero attached hydrogens (tertiary/aromatic N) is 1. The summed E-state index contributed by atoms with van der Waals surface area (Å²) in [5.41, 5.74) is 0.868. The van der Waals surface area contributed by atoms with Crippen molar-refractivity contribution in [2.24, 2.45) is 0 Å². The molecule has 0 fully saturated rings. The summed E-state index contributed by atoms with van der Waals surface area (Å²) in [7, 11) is 0. The standard InChI is InChI=1S/C11H8ClFN2O/c1-6-4-8(12)7(5-9(6)13)10-2-3-14-11(16)15-10/h2-5H,1H3,(H,14,15,16). The molecule has 0 aliphatic heterocycles. The molecule has 2 aromatic rings. The Kier molecular flexibility index (Phi) is 2.75. The fraction of sp³-hybridized carbons (Fsp3) is 0.0909. The highest BCUT2D eigenvalue weighted by Gasteiger charge is 2.08. The lowest BCUT2D eigenvalue weighted by molar-refractivity contribution is 0.619. The topological polar surface area (TPSA) is 45.8 Å². The second-order valence-corrected chi connectivity index (χ2v) is 3.78. The Morgan fingerprint density at radius 1 is 1.44 bits per heavy atom. The van der Waals surface area contributed by atoms with Crippen molar-refractivity contribution in [2.75, 3.05) is 0 Å². The van der Waals surface area contributed by atoms with Crippen LogP contribution in [0.2, 0.25) is 5.02 Å². The molecule has 82 valence electrons. The van der Waals surface area contributed by atoms with E-state index in [0.717, 1.165) is 0 Å². The van der Waals surface area contributed by atoms with Gasteiger partial charge in [0, 0.05) is 11.8 Å². The van der Waals surface area contributed by atoms with Gasteiger partial charge in [0.15, 0.2) is 0 Å². The molecule has 5 heteroatoms. The summed E-state index contributed by atoms with van der Waals surface area (Å²) in [6.45, 7) is 1.63. The van der Waals surface area contributed by atoms with Crippen LogP contribution in [0.25, 0.3) is 11.3 Å². The first-order valence-electron chi connectivity index (χ1n) is 4.59. The SMILES string of the molecule is Cc1cc(Cl)c(-c2ccnc(=O)[nH]2)cc1F. The van der Waals surface area contributed by atoms with Crippen LogP contribution in [0, 0.1) is 12.7 Å². The number of aromatic amines is 1. The number of aryl methyl sites for hydroxylation is 1. The Hall–Kier alpha value is -1.68. The second kappa shape index (κ2) is 4.06. The van der Waals surface area contributed by atoms with Gasteiger partial charge in [-0.2, -0.15) is 0 Å². The molecule has 0 amide bonds. The molecule has 0 radical (unpaired) electrons. The highest BCUT2D eigenvalue weighted by atomic mass is 35.5. The molecule has 1 aromatic heterocycles. The lowest BCUT2D eigenvalue weighted by Gasteiger charge is -2.05. The first-order valence-corrected chi connectivity index (χ1v) is 4.97. The van der Waals surface area contributed by atoms with Gasteiger partial charge in [-0.05, 0) is 30.7 Å². The Labute approximate surface area is 95.9 Å². The van der Waals surface area contributed by atoms with Gasteiger partial charge in [0.05, 0.1) is 10.7 Å². The summed E-state index contributed by atoms with van der Waals surface area (Å²) in [5, 5.41) is 0.390. The summed E-state index contributed by atoms with van der Waals surface area (Å²) < 4.78 is 13.4. The fourth-order valence-corrected chi connectivity index (χ4v) is 1.70. The van der Waals surface area contributed by atoms with Gasteiger partial charge in [0.25, 0.3) is 0 Å². The van der Waals surface area contributed by atoms with E-state index in [1.165, 1.54) is 18.3 Å². The van der Waals surface area contributed by atoms with Gasteiger partial charge in [-0.15, -0.1) is 0 Å². The van der Waals surface area contributed by atoms with Crippen molar-refractivity contribution in [1.82, 2.24) is 9.97 Å². The molecule has 2 rings (SSSR count). The third kappa shape index (κ3) is 1.97. The van der Waals surface area contributed by atoms with Crippen molar-refractivity contribution < 1.29 is 4.39 Å². The van der Waals surface area contributed by atoms with Gasteiger partial charge >= 0.3 is 5.69 Å². The number of hydrogen-bond donors (Lipinski definition) is 1. The van der Waals surface area contributed by atoms with Crippen molar-refractivity contribution in [3.05, 3.63) is 51.3 Å². The Morgan fingerprint density at radius 2 is 2.19 bits per heavy atom. The number of aromatic nitrogens is 2. The molecular formula is C11H8ClFN2O. The van der Waals surface area contributed by atoms with E-state index in [2.05, 4.69) is 9.97 Å². The second-order valence-electron chi connectivity index (χ2n) is 3.37. The Balaban J connectivity index is 2.65. The molecule has 0 aliphatic carbocycles. The fourth-order valence-electron chi connectivity index (χ4n) is 1.38. The van der Waals surface area contributed by atoms with Crippen LogP contribution in [-0.2, 0) is 0 Å². The van der Waals surface area contributed by atoms with E-state index in [9.17, 15) is 9.18 Å². The highest BCUT2D eigenvalue weighted by molar-refractivity contribution is 6.33. The molecule has 0 atom stereocenters.